The molecule has 1 amide bonds. The van der Waals surface area contributed by atoms with E-state index < -0.39 is 0 Å². The summed E-state index contributed by atoms with van der Waals surface area (Å²) in [5, 5.41) is 3.30. The van der Waals surface area contributed by atoms with E-state index in [-0.39, 0.29) is 17.4 Å². The smallest absolute Gasteiger partial charge is 0.228 e. The minimum atomic E-state index is -0.0361. The molecule has 2 aliphatic rings. The van der Waals surface area contributed by atoms with Crippen molar-refractivity contribution in [1.29, 1.82) is 0 Å². The third-order valence-electron chi connectivity index (χ3n) is 5.33. The Morgan fingerprint density at radius 3 is 2.62 bits per heavy atom. The molecule has 4 heterocycles. The van der Waals surface area contributed by atoms with Crippen LogP contribution >= 0.6 is 0 Å². The highest BCUT2D eigenvalue weighted by molar-refractivity contribution is 5.87. The Bertz CT molecular complexity index is 696. The van der Waals surface area contributed by atoms with Gasteiger partial charge in [0.2, 0.25) is 5.91 Å². The van der Waals surface area contributed by atoms with Gasteiger partial charge in [-0.2, -0.15) is 0 Å². The fourth-order valence-corrected chi connectivity index (χ4v) is 3.94. The lowest BCUT2D eigenvalue weighted by molar-refractivity contribution is -0.121. The molecule has 0 aromatic carbocycles. The van der Waals surface area contributed by atoms with E-state index in [1.54, 1.807) is 12.4 Å². The first-order chi connectivity index (χ1) is 11.7. The van der Waals surface area contributed by atoms with Gasteiger partial charge in [0.05, 0.1) is 11.6 Å². The number of nitrogens with zero attached hydrogens (tertiary/aromatic N) is 3. The monoisotopic (exact) mass is 322 g/mol. The van der Waals surface area contributed by atoms with Crippen LogP contribution in [-0.4, -0.2) is 39.4 Å². The number of rotatable bonds is 3. The molecule has 0 aliphatic carbocycles. The first kappa shape index (κ1) is 15.3. The van der Waals surface area contributed by atoms with Crippen molar-refractivity contribution in [3.63, 3.8) is 0 Å². The van der Waals surface area contributed by atoms with E-state index in [1.165, 1.54) is 0 Å². The van der Waals surface area contributed by atoms with Gasteiger partial charge < -0.3 is 5.32 Å². The van der Waals surface area contributed by atoms with Crippen molar-refractivity contribution in [1.82, 2.24) is 20.2 Å². The number of likely N-dealkylation sites (tertiary alicyclic amines) is 1. The van der Waals surface area contributed by atoms with Crippen LogP contribution in [0.1, 0.15) is 36.4 Å². The van der Waals surface area contributed by atoms with Crippen LogP contribution in [0.3, 0.4) is 0 Å². The van der Waals surface area contributed by atoms with Gasteiger partial charge in [-0.15, -0.1) is 0 Å². The van der Waals surface area contributed by atoms with Gasteiger partial charge in [-0.1, -0.05) is 6.07 Å². The van der Waals surface area contributed by atoms with Gasteiger partial charge in [0.15, 0.2) is 0 Å². The van der Waals surface area contributed by atoms with Gasteiger partial charge in [0.25, 0.3) is 0 Å². The zero-order valence-corrected chi connectivity index (χ0v) is 13.7. The Kier molecular flexibility index (Phi) is 4.02. The number of aromatic nitrogens is 2. The molecule has 5 nitrogen and oxygen atoms in total. The van der Waals surface area contributed by atoms with E-state index in [2.05, 4.69) is 26.3 Å². The summed E-state index contributed by atoms with van der Waals surface area (Å²) in [6.07, 6.45) is 8.29. The van der Waals surface area contributed by atoms with E-state index >= 15 is 0 Å². The predicted molar refractivity (Wildman–Crippen MR) is 91.2 cm³/mol. The Morgan fingerprint density at radius 1 is 1.12 bits per heavy atom. The summed E-state index contributed by atoms with van der Waals surface area (Å²) in [6.45, 7) is 2.89. The van der Waals surface area contributed by atoms with E-state index in [0.29, 0.717) is 0 Å². The SMILES string of the molecule is O=C1NC2(CCN(Cc3ccccn3)CC2)CC1c1ccncc1. The third kappa shape index (κ3) is 3.04. The molecule has 2 aromatic heterocycles. The van der Waals surface area contributed by atoms with Crippen molar-refractivity contribution in [2.45, 2.75) is 37.3 Å². The van der Waals surface area contributed by atoms with Gasteiger partial charge in [-0.25, -0.2) is 0 Å². The van der Waals surface area contributed by atoms with Gasteiger partial charge in [-0.05, 0) is 49.1 Å². The summed E-state index contributed by atoms with van der Waals surface area (Å²) < 4.78 is 0. The van der Waals surface area contributed by atoms with Crippen molar-refractivity contribution in [3.05, 3.63) is 60.2 Å². The summed E-state index contributed by atoms with van der Waals surface area (Å²) >= 11 is 0. The average molecular weight is 322 g/mol. The minimum absolute atomic E-state index is 0.0321. The molecule has 1 atom stereocenters. The second kappa shape index (κ2) is 6.32. The van der Waals surface area contributed by atoms with Crippen LogP contribution in [0.15, 0.2) is 48.9 Å². The van der Waals surface area contributed by atoms with Crippen LogP contribution < -0.4 is 5.32 Å². The number of carbonyl (C=O) groups is 1. The molecule has 5 heteroatoms. The van der Waals surface area contributed by atoms with E-state index in [9.17, 15) is 4.79 Å². The highest BCUT2D eigenvalue weighted by Crippen LogP contribution is 2.39. The topological polar surface area (TPSA) is 58.1 Å². The van der Waals surface area contributed by atoms with Crippen molar-refractivity contribution in [2.75, 3.05) is 13.1 Å². The predicted octanol–water partition coefficient (Wildman–Crippen LogP) is 2.11. The third-order valence-corrected chi connectivity index (χ3v) is 5.33. The second-order valence-electron chi connectivity index (χ2n) is 6.90. The van der Waals surface area contributed by atoms with Crippen molar-refractivity contribution in [2.24, 2.45) is 0 Å². The average Bonchev–Trinajstić information content (AvgIpc) is 2.95. The first-order valence-corrected chi connectivity index (χ1v) is 8.58. The number of amides is 1. The summed E-state index contributed by atoms with van der Waals surface area (Å²) in [4.78, 5) is 23.4. The zero-order valence-electron chi connectivity index (χ0n) is 13.7. The van der Waals surface area contributed by atoms with E-state index in [0.717, 1.165) is 50.2 Å². The fraction of sp³-hybridized carbons (Fsp3) is 0.421. The molecule has 0 bridgehead atoms. The normalized spacial score (nSPS) is 23.3. The Balaban J connectivity index is 1.39. The summed E-state index contributed by atoms with van der Waals surface area (Å²) in [5.74, 6) is 0.134. The van der Waals surface area contributed by atoms with Crippen molar-refractivity contribution in [3.8, 4) is 0 Å². The largest absolute Gasteiger partial charge is 0.350 e. The molecule has 0 saturated carbocycles. The van der Waals surface area contributed by atoms with Gasteiger partial charge >= 0.3 is 0 Å². The Labute approximate surface area is 142 Å². The molecule has 24 heavy (non-hydrogen) atoms. The molecule has 2 aromatic rings. The second-order valence-corrected chi connectivity index (χ2v) is 6.90. The van der Waals surface area contributed by atoms with Crippen LogP contribution in [0.2, 0.25) is 0 Å². The van der Waals surface area contributed by atoms with Gasteiger partial charge in [0.1, 0.15) is 0 Å². The molecule has 2 aliphatic heterocycles. The van der Waals surface area contributed by atoms with Crippen LogP contribution in [0, 0.1) is 0 Å². The van der Waals surface area contributed by atoms with Crippen molar-refractivity contribution >= 4 is 5.91 Å². The molecule has 4 rings (SSSR count). The molecule has 1 unspecified atom stereocenters. The Hall–Kier alpha value is -2.27. The quantitative estimate of drug-likeness (QED) is 0.940. The maximum Gasteiger partial charge on any atom is 0.228 e. The molecule has 2 saturated heterocycles. The lowest BCUT2D eigenvalue weighted by atomic mass is 9.82. The van der Waals surface area contributed by atoms with Crippen molar-refractivity contribution < 1.29 is 4.79 Å². The molecule has 124 valence electrons. The summed E-state index contributed by atoms with van der Waals surface area (Å²) in [5.41, 5.74) is 2.15. The summed E-state index contributed by atoms with van der Waals surface area (Å²) in [6, 6.07) is 9.96. The zero-order chi connectivity index (χ0) is 16.4. The fourth-order valence-electron chi connectivity index (χ4n) is 3.94. The molecule has 2 fully saturated rings. The minimum Gasteiger partial charge on any atom is -0.350 e. The molecule has 0 radical (unpaired) electrons. The standard InChI is InChI=1S/C19H22N4O/c24-18-17(15-4-9-20-10-5-15)13-19(22-18)6-11-23(12-7-19)14-16-3-1-2-8-21-16/h1-5,8-10,17H,6-7,11-14H2,(H,22,24). The lowest BCUT2D eigenvalue weighted by Gasteiger charge is -2.39. The molecular weight excluding hydrogens is 300 g/mol. The number of nitrogens with one attached hydrogen (secondary N) is 1. The van der Waals surface area contributed by atoms with Gasteiger partial charge in [-0.3, -0.25) is 19.7 Å². The van der Waals surface area contributed by atoms with Crippen LogP contribution in [-0.2, 0) is 11.3 Å². The first-order valence-electron chi connectivity index (χ1n) is 8.58. The highest BCUT2D eigenvalue weighted by atomic mass is 16.2. The molecule has 1 spiro atoms. The van der Waals surface area contributed by atoms with Crippen LogP contribution in [0.25, 0.3) is 0 Å². The molecule has 1 N–H and O–H groups in total. The lowest BCUT2D eigenvalue weighted by Crippen LogP contribution is -2.50. The van der Waals surface area contributed by atoms with E-state index in [1.807, 2.05) is 30.5 Å². The number of carbonyl (C=O) groups excluding carboxylic acids is 1. The number of pyridine rings is 2. The number of hydrogen-bond donors (Lipinski definition) is 1. The van der Waals surface area contributed by atoms with E-state index in [4.69, 9.17) is 0 Å². The summed E-state index contributed by atoms with van der Waals surface area (Å²) in [7, 11) is 0. The number of piperidine rings is 1. The Morgan fingerprint density at radius 2 is 1.92 bits per heavy atom. The maximum atomic E-state index is 12.5. The number of hydrogen-bond acceptors (Lipinski definition) is 4. The van der Waals surface area contributed by atoms with Gasteiger partial charge in [0, 0.05) is 43.8 Å². The highest BCUT2D eigenvalue weighted by Gasteiger charge is 2.46. The maximum absolute atomic E-state index is 12.5. The van der Waals surface area contributed by atoms with Crippen LogP contribution in [0.5, 0.6) is 0 Å². The molecular formula is C19H22N4O. The van der Waals surface area contributed by atoms with Crippen LogP contribution in [0.4, 0.5) is 0 Å².